The van der Waals surface area contributed by atoms with Crippen LogP contribution in [0.25, 0.3) is 6.08 Å². The van der Waals surface area contributed by atoms with Gasteiger partial charge in [-0.2, -0.15) is 0 Å². The maximum atomic E-state index is 12.3. The Morgan fingerprint density at radius 2 is 1.70 bits per heavy atom. The van der Waals surface area contributed by atoms with Gasteiger partial charge in [-0.1, -0.05) is 30.3 Å². The molecule has 3 N–H and O–H groups in total. The first-order chi connectivity index (χ1) is 14.5. The standard InChI is InChI=1S/C23H27N3O4/c27-20-9-8-19(17-21(20)28)23(30)24-11-4-12-25-13-15-26(16-14-25)22(29)10-7-18-5-2-1-3-6-18/h1-3,5-10,17,27-28H,4,11-16H2,(H,24,30)/b10-7+. The zero-order valence-corrected chi connectivity index (χ0v) is 16.8. The van der Waals surface area contributed by atoms with Gasteiger partial charge in [0.15, 0.2) is 11.5 Å². The van der Waals surface area contributed by atoms with Crippen LogP contribution in [0.5, 0.6) is 11.5 Å². The molecular formula is C23H27N3O4. The molecule has 0 radical (unpaired) electrons. The molecule has 2 aromatic rings. The van der Waals surface area contributed by atoms with Crippen molar-refractivity contribution in [2.75, 3.05) is 39.3 Å². The monoisotopic (exact) mass is 409 g/mol. The number of carbonyl (C=O) groups is 2. The fourth-order valence-electron chi connectivity index (χ4n) is 3.30. The molecule has 0 saturated carbocycles. The van der Waals surface area contributed by atoms with E-state index in [2.05, 4.69) is 10.2 Å². The number of benzene rings is 2. The highest BCUT2D eigenvalue weighted by atomic mass is 16.3. The van der Waals surface area contributed by atoms with Crippen LogP contribution in [-0.2, 0) is 4.79 Å². The van der Waals surface area contributed by atoms with E-state index in [9.17, 15) is 19.8 Å². The lowest BCUT2D eigenvalue weighted by Crippen LogP contribution is -2.48. The summed E-state index contributed by atoms with van der Waals surface area (Å²) in [5, 5.41) is 21.6. The van der Waals surface area contributed by atoms with Gasteiger partial charge in [0.05, 0.1) is 0 Å². The number of hydrogen-bond acceptors (Lipinski definition) is 5. The quantitative estimate of drug-likeness (QED) is 0.370. The van der Waals surface area contributed by atoms with Crippen molar-refractivity contribution in [3.05, 3.63) is 65.7 Å². The summed E-state index contributed by atoms with van der Waals surface area (Å²) < 4.78 is 0. The molecule has 7 nitrogen and oxygen atoms in total. The molecule has 1 aliphatic heterocycles. The summed E-state index contributed by atoms with van der Waals surface area (Å²) in [6.07, 6.45) is 4.25. The van der Waals surface area contributed by atoms with E-state index in [-0.39, 0.29) is 23.3 Å². The molecular weight excluding hydrogens is 382 g/mol. The Morgan fingerprint density at radius 1 is 0.967 bits per heavy atom. The second-order valence-electron chi connectivity index (χ2n) is 7.22. The third kappa shape index (κ3) is 6.09. The zero-order valence-electron chi connectivity index (χ0n) is 16.8. The van der Waals surface area contributed by atoms with Crippen molar-refractivity contribution in [2.24, 2.45) is 0 Å². The maximum Gasteiger partial charge on any atom is 0.251 e. The highest BCUT2D eigenvalue weighted by molar-refractivity contribution is 5.94. The van der Waals surface area contributed by atoms with Crippen molar-refractivity contribution in [3.8, 4) is 11.5 Å². The van der Waals surface area contributed by atoms with Gasteiger partial charge >= 0.3 is 0 Å². The number of rotatable bonds is 7. The first kappa shape index (κ1) is 21.4. The number of amides is 2. The van der Waals surface area contributed by atoms with Gasteiger partial charge in [-0.3, -0.25) is 14.5 Å². The fourth-order valence-corrected chi connectivity index (χ4v) is 3.30. The minimum Gasteiger partial charge on any atom is -0.504 e. The van der Waals surface area contributed by atoms with Crippen LogP contribution < -0.4 is 5.32 Å². The summed E-state index contributed by atoms with van der Waals surface area (Å²) in [4.78, 5) is 28.5. The first-order valence-electron chi connectivity index (χ1n) is 10.1. The van der Waals surface area contributed by atoms with Gasteiger partial charge in [-0.25, -0.2) is 0 Å². The Morgan fingerprint density at radius 3 is 2.40 bits per heavy atom. The molecule has 30 heavy (non-hydrogen) atoms. The van der Waals surface area contributed by atoms with E-state index < -0.39 is 0 Å². The van der Waals surface area contributed by atoms with Gasteiger partial charge < -0.3 is 20.4 Å². The van der Waals surface area contributed by atoms with E-state index >= 15 is 0 Å². The number of phenols is 2. The number of nitrogens with one attached hydrogen (secondary N) is 1. The minimum atomic E-state index is -0.311. The average Bonchev–Trinajstić information content (AvgIpc) is 2.78. The molecule has 0 bridgehead atoms. The van der Waals surface area contributed by atoms with Gasteiger partial charge in [0, 0.05) is 44.4 Å². The van der Waals surface area contributed by atoms with E-state index in [0.29, 0.717) is 25.2 Å². The molecule has 7 heteroatoms. The van der Waals surface area contributed by atoms with Gasteiger partial charge in [0.25, 0.3) is 5.91 Å². The summed E-state index contributed by atoms with van der Waals surface area (Å²) in [6.45, 7) is 4.35. The molecule has 1 heterocycles. The van der Waals surface area contributed by atoms with Crippen molar-refractivity contribution in [1.29, 1.82) is 0 Å². The van der Waals surface area contributed by atoms with Crippen molar-refractivity contribution in [1.82, 2.24) is 15.1 Å². The van der Waals surface area contributed by atoms with Crippen LogP contribution in [0.1, 0.15) is 22.3 Å². The van der Waals surface area contributed by atoms with Crippen molar-refractivity contribution >= 4 is 17.9 Å². The minimum absolute atomic E-state index is 0.0305. The zero-order chi connectivity index (χ0) is 21.3. The number of hydrogen-bond donors (Lipinski definition) is 3. The Balaban J connectivity index is 1.34. The van der Waals surface area contributed by atoms with Crippen LogP contribution in [0.2, 0.25) is 0 Å². The smallest absolute Gasteiger partial charge is 0.251 e. The lowest BCUT2D eigenvalue weighted by Gasteiger charge is -2.34. The Kier molecular flexibility index (Phi) is 7.45. The second kappa shape index (κ2) is 10.5. The molecule has 1 fully saturated rings. The molecule has 158 valence electrons. The molecule has 0 unspecified atom stereocenters. The summed E-state index contributed by atoms with van der Waals surface area (Å²) in [6, 6.07) is 13.8. The summed E-state index contributed by atoms with van der Waals surface area (Å²) in [7, 11) is 0. The van der Waals surface area contributed by atoms with Gasteiger partial charge in [0.1, 0.15) is 0 Å². The third-order valence-electron chi connectivity index (χ3n) is 5.08. The predicted octanol–water partition coefficient (Wildman–Crippen LogP) is 2.08. The number of phenolic OH excluding ortho intramolecular Hbond substituents is 2. The van der Waals surface area contributed by atoms with Crippen molar-refractivity contribution in [2.45, 2.75) is 6.42 Å². The Hall–Kier alpha value is -3.32. The van der Waals surface area contributed by atoms with Crippen LogP contribution in [0.15, 0.2) is 54.6 Å². The number of piperazine rings is 1. The molecule has 3 rings (SSSR count). The van der Waals surface area contributed by atoms with Crippen LogP contribution in [0.3, 0.4) is 0 Å². The maximum absolute atomic E-state index is 12.3. The van der Waals surface area contributed by atoms with Gasteiger partial charge in [-0.15, -0.1) is 0 Å². The summed E-state index contributed by atoms with van der Waals surface area (Å²) >= 11 is 0. The average molecular weight is 409 g/mol. The predicted molar refractivity (Wildman–Crippen MR) is 115 cm³/mol. The van der Waals surface area contributed by atoms with E-state index in [1.807, 2.05) is 41.3 Å². The SMILES string of the molecule is O=C(NCCCN1CCN(C(=O)/C=C/c2ccccc2)CC1)c1ccc(O)c(O)c1. The molecule has 1 saturated heterocycles. The summed E-state index contributed by atoms with van der Waals surface area (Å²) in [5.74, 6) is -0.817. The Labute approximate surface area is 176 Å². The summed E-state index contributed by atoms with van der Waals surface area (Å²) in [5.41, 5.74) is 1.31. The topological polar surface area (TPSA) is 93.1 Å². The molecule has 0 aromatic heterocycles. The second-order valence-corrected chi connectivity index (χ2v) is 7.22. The molecule has 2 amide bonds. The normalized spacial score (nSPS) is 14.7. The third-order valence-corrected chi connectivity index (χ3v) is 5.08. The van der Waals surface area contributed by atoms with Gasteiger partial charge in [-0.05, 0) is 42.8 Å². The fraction of sp³-hybridized carbons (Fsp3) is 0.304. The highest BCUT2D eigenvalue weighted by Crippen LogP contribution is 2.24. The molecule has 0 aliphatic carbocycles. The molecule has 0 spiro atoms. The molecule has 0 atom stereocenters. The van der Waals surface area contributed by atoms with Crippen molar-refractivity contribution in [3.63, 3.8) is 0 Å². The van der Waals surface area contributed by atoms with Gasteiger partial charge in [0.2, 0.25) is 5.91 Å². The lowest BCUT2D eigenvalue weighted by molar-refractivity contribution is -0.127. The van der Waals surface area contributed by atoms with Crippen LogP contribution >= 0.6 is 0 Å². The first-order valence-corrected chi connectivity index (χ1v) is 10.1. The van der Waals surface area contributed by atoms with Crippen molar-refractivity contribution < 1.29 is 19.8 Å². The number of carbonyl (C=O) groups excluding carboxylic acids is 2. The van der Waals surface area contributed by atoms with E-state index in [1.165, 1.54) is 18.2 Å². The highest BCUT2D eigenvalue weighted by Gasteiger charge is 2.19. The van der Waals surface area contributed by atoms with E-state index in [0.717, 1.165) is 31.6 Å². The van der Waals surface area contributed by atoms with Crippen LogP contribution in [0, 0.1) is 0 Å². The molecule has 1 aliphatic rings. The van der Waals surface area contributed by atoms with E-state index in [1.54, 1.807) is 6.08 Å². The largest absolute Gasteiger partial charge is 0.504 e. The van der Waals surface area contributed by atoms with Crippen LogP contribution in [0.4, 0.5) is 0 Å². The Bertz CT molecular complexity index is 891. The number of nitrogens with zero attached hydrogens (tertiary/aromatic N) is 2. The van der Waals surface area contributed by atoms with E-state index in [4.69, 9.17) is 0 Å². The molecule has 2 aromatic carbocycles. The number of aromatic hydroxyl groups is 2. The lowest BCUT2D eigenvalue weighted by atomic mass is 10.2. The van der Waals surface area contributed by atoms with Crippen LogP contribution in [-0.4, -0.2) is 71.1 Å².